The fourth-order valence-electron chi connectivity index (χ4n) is 5.07. The Hall–Kier alpha value is -2.54. The Kier molecular flexibility index (Phi) is 4.67. The molecule has 1 aliphatic rings. The number of benzene rings is 2. The van der Waals surface area contributed by atoms with E-state index in [0.29, 0.717) is 0 Å². The molecule has 0 radical (unpaired) electrons. The summed E-state index contributed by atoms with van der Waals surface area (Å²) in [4.78, 5) is 8.51. The summed E-state index contributed by atoms with van der Waals surface area (Å²) in [6.45, 7) is 0. The molecule has 6 aromatic rings. The van der Waals surface area contributed by atoms with Crippen molar-refractivity contribution in [2.45, 2.75) is 0 Å². The summed E-state index contributed by atoms with van der Waals surface area (Å²) in [6.07, 6.45) is 0. The van der Waals surface area contributed by atoms with Crippen molar-refractivity contribution >= 4 is 74.2 Å². The monoisotopic (exact) mass is 510 g/mol. The minimum absolute atomic E-state index is 1.37. The molecule has 5 heteroatoms. The van der Waals surface area contributed by atoms with Crippen LogP contribution in [0.3, 0.4) is 0 Å². The van der Waals surface area contributed by atoms with Gasteiger partial charge in [0, 0.05) is 29.3 Å². The zero-order chi connectivity index (χ0) is 21.8. The Morgan fingerprint density at radius 3 is 1.30 bits per heavy atom. The lowest BCUT2D eigenvalue weighted by atomic mass is 10.3. The maximum atomic E-state index is 2.52. The van der Waals surface area contributed by atoms with Crippen LogP contribution in [0.4, 0.5) is 0 Å². The van der Waals surface area contributed by atoms with Gasteiger partial charge in [0.05, 0.1) is 0 Å². The van der Waals surface area contributed by atoms with Gasteiger partial charge < -0.3 is 0 Å². The molecule has 0 saturated carbocycles. The predicted molar refractivity (Wildman–Crippen MR) is 151 cm³/mol. The molecular formula is C28H18S4Si. The lowest BCUT2D eigenvalue weighted by Gasteiger charge is -2.30. The van der Waals surface area contributed by atoms with Crippen LogP contribution in [-0.2, 0) is 0 Å². The summed E-state index contributed by atoms with van der Waals surface area (Å²) in [7, 11) is -2.38. The van der Waals surface area contributed by atoms with Crippen LogP contribution in [-0.4, -0.2) is 8.07 Å². The first-order valence-corrected chi connectivity index (χ1v) is 16.2. The van der Waals surface area contributed by atoms with Crippen molar-refractivity contribution in [3.63, 3.8) is 0 Å². The second-order valence-corrected chi connectivity index (χ2v) is 15.9. The highest BCUT2D eigenvalue weighted by molar-refractivity contribution is 7.36. The highest BCUT2D eigenvalue weighted by Gasteiger charge is 2.51. The Bertz CT molecular complexity index is 1420. The average molecular weight is 511 g/mol. The van der Waals surface area contributed by atoms with Crippen LogP contribution in [0.15, 0.2) is 108 Å². The number of rotatable bonds is 4. The van der Waals surface area contributed by atoms with Crippen LogP contribution in [0.5, 0.6) is 0 Å². The second-order valence-electron chi connectivity index (χ2n) is 8.14. The van der Waals surface area contributed by atoms with Gasteiger partial charge in [0.2, 0.25) is 0 Å². The van der Waals surface area contributed by atoms with E-state index in [-0.39, 0.29) is 0 Å². The first-order chi connectivity index (χ1) is 16.4. The van der Waals surface area contributed by atoms with Gasteiger partial charge >= 0.3 is 0 Å². The highest BCUT2D eigenvalue weighted by atomic mass is 32.1. The van der Waals surface area contributed by atoms with Gasteiger partial charge in [-0.05, 0) is 55.8 Å². The first-order valence-electron chi connectivity index (χ1n) is 10.8. The molecule has 158 valence electrons. The molecule has 0 N–H and O–H groups in total. The van der Waals surface area contributed by atoms with E-state index in [1.165, 1.54) is 39.6 Å². The number of fused-ring (bicyclic) bond motifs is 3. The van der Waals surface area contributed by atoms with Crippen molar-refractivity contribution in [2.75, 3.05) is 0 Å². The lowest BCUT2D eigenvalue weighted by molar-refractivity contribution is 1.71. The Balaban J connectivity index is 1.60. The van der Waals surface area contributed by atoms with Crippen molar-refractivity contribution in [1.82, 2.24) is 0 Å². The fourth-order valence-corrected chi connectivity index (χ4v) is 15.5. The summed E-state index contributed by atoms with van der Waals surface area (Å²) in [5.41, 5.74) is 0. The molecule has 2 aromatic carbocycles. The van der Waals surface area contributed by atoms with E-state index in [1.54, 1.807) is 10.4 Å². The molecule has 33 heavy (non-hydrogen) atoms. The molecule has 1 aliphatic heterocycles. The summed E-state index contributed by atoms with van der Waals surface area (Å²) >= 11 is 7.65. The van der Waals surface area contributed by atoms with Crippen LogP contribution >= 0.6 is 45.3 Å². The molecule has 0 aliphatic carbocycles. The van der Waals surface area contributed by atoms with Crippen molar-refractivity contribution in [3.05, 3.63) is 108 Å². The minimum atomic E-state index is -2.38. The van der Waals surface area contributed by atoms with Gasteiger partial charge in [-0.2, -0.15) is 0 Å². The highest BCUT2D eigenvalue weighted by Crippen LogP contribution is 2.45. The van der Waals surface area contributed by atoms with Crippen LogP contribution in [0.1, 0.15) is 0 Å². The molecule has 5 heterocycles. The van der Waals surface area contributed by atoms with Crippen molar-refractivity contribution < 1.29 is 0 Å². The topological polar surface area (TPSA) is 0 Å². The third-order valence-electron chi connectivity index (χ3n) is 6.42. The molecule has 0 unspecified atom stereocenters. The van der Waals surface area contributed by atoms with Gasteiger partial charge in [0.1, 0.15) is 0 Å². The normalized spacial score (nSPS) is 13.7. The van der Waals surface area contributed by atoms with E-state index in [1.807, 2.05) is 45.3 Å². The summed E-state index contributed by atoms with van der Waals surface area (Å²) < 4.78 is 0. The smallest absolute Gasteiger partial charge is 0.143 e. The van der Waals surface area contributed by atoms with E-state index in [2.05, 4.69) is 108 Å². The molecule has 0 spiro atoms. The Morgan fingerprint density at radius 2 is 0.909 bits per heavy atom. The van der Waals surface area contributed by atoms with Crippen LogP contribution < -0.4 is 20.7 Å². The van der Waals surface area contributed by atoms with Crippen LogP contribution in [0.2, 0.25) is 0 Å². The Labute approximate surface area is 210 Å². The summed E-state index contributed by atoms with van der Waals surface area (Å²) in [6, 6.07) is 36.5. The second kappa shape index (κ2) is 7.76. The van der Waals surface area contributed by atoms with E-state index in [4.69, 9.17) is 0 Å². The van der Waals surface area contributed by atoms with Gasteiger partial charge in [-0.1, -0.05) is 72.8 Å². The molecule has 4 aromatic heterocycles. The largest absolute Gasteiger partial charge is 0.182 e. The third-order valence-corrected chi connectivity index (χ3v) is 16.2. The Morgan fingerprint density at radius 1 is 0.455 bits per heavy atom. The van der Waals surface area contributed by atoms with Crippen molar-refractivity contribution in [2.24, 2.45) is 0 Å². The van der Waals surface area contributed by atoms with Crippen molar-refractivity contribution in [3.8, 4) is 29.3 Å². The molecule has 0 saturated heterocycles. The molecule has 0 fully saturated rings. The number of hydrogen-bond donors (Lipinski definition) is 0. The van der Waals surface area contributed by atoms with Gasteiger partial charge in [-0.25, -0.2) is 0 Å². The van der Waals surface area contributed by atoms with Gasteiger partial charge in [-0.15, -0.1) is 45.3 Å². The summed E-state index contributed by atoms with van der Waals surface area (Å²) in [5, 5.41) is 10.4. The molecule has 0 bridgehead atoms. The predicted octanol–water partition coefficient (Wildman–Crippen LogP) is 6.62. The van der Waals surface area contributed by atoms with E-state index in [0.717, 1.165) is 0 Å². The first kappa shape index (κ1) is 19.9. The molecular weight excluding hydrogens is 493 g/mol. The summed E-state index contributed by atoms with van der Waals surface area (Å²) in [5.74, 6) is 0. The maximum Gasteiger partial charge on any atom is 0.182 e. The SMILES string of the molecule is c1ccc([Si]2(c3ccccc3)c3cc(-c4cccs4)sc3-c3sc(-c4cccs4)cc32)cc1. The maximum absolute atomic E-state index is 2.52. The van der Waals surface area contributed by atoms with Crippen molar-refractivity contribution in [1.29, 1.82) is 0 Å². The third kappa shape index (κ3) is 2.90. The fraction of sp³-hybridized carbons (Fsp3) is 0. The van der Waals surface area contributed by atoms with Crippen LogP contribution in [0.25, 0.3) is 29.3 Å². The zero-order valence-corrected chi connectivity index (χ0v) is 21.8. The van der Waals surface area contributed by atoms with E-state index < -0.39 is 8.07 Å². The molecule has 0 nitrogen and oxygen atoms in total. The average Bonchev–Trinajstić information content (AvgIpc) is 3.67. The lowest BCUT2D eigenvalue weighted by Crippen LogP contribution is -2.72. The van der Waals surface area contributed by atoms with Gasteiger partial charge in [0.15, 0.2) is 8.07 Å². The number of thiophene rings is 4. The molecule has 0 atom stereocenters. The van der Waals surface area contributed by atoms with Gasteiger partial charge in [-0.3, -0.25) is 0 Å². The van der Waals surface area contributed by atoms with E-state index >= 15 is 0 Å². The quantitative estimate of drug-likeness (QED) is 0.233. The van der Waals surface area contributed by atoms with E-state index in [9.17, 15) is 0 Å². The zero-order valence-electron chi connectivity index (χ0n) is 17.5. The van der Waals surface area contributed by atoms with Gasteiger partial charge in [0.25, 0.3) is 0 Å². The molecule has 0 amide bonds. The minimum Gasteiger partial charge on any atom is -0.143 e. The number of hydrogen-bond acceptors (Lipinski definition) is 4. The van der Waals surface area contributed by atoms with Crippen LogP contribution in [0, 0.1) is 0 Å². The molecule has 7 rings (SSSR count). The standard InChI is InChI=1S/C28H18S4Si/c1-3-9-19(10-4-1)33(20-11-5-2-6-12-20)25-17-23(21-13-7-15-29-21)31-27(25)28-26(33)18-24(32-28)22-14-8-16-30-22/h1-18H.